The highest BCUT2D eigenvalue weighted by Gasteiger charge is 2.27. The van der Waals surface area contributed by atoms with Gasteiger partial charge in [-0.15, -0.1) is 0 Å². The smallest absolute Gasteiger partial charge is 0.410 e. The zero-order valence-corrected chi connectivity index (χ0v) is 25.8. The number of rotatable bonds is 11. The summed E-state index contributed by atoms with van der Waals surface area (Å²) in [6.45, 7) is 7.08. The summed E-state index contributed by atoms with van der Waals surface area (Å²) < 4.78 is 21.2. The highest BCUT2D eigenvalue weighted by Crippen LogP contribution is 2.27. The van der Waals surface area contributed by atoms with Crippen LogP contribution >= 0.6 is 11.6 Å². The molecule has 1 fully saturated rings. The van der Waals surface area contributed by atoms with E-state index in [9.17, 15) is 19.2 Å². The van der Waals surface area contributed by atoms with E-state index in [1.165, 1.54) is 13.2 Å². The number of nitrogens with one attached hydrogen (secondary N) is 2. The van der Waals surface area contributed by atoms with Crippen LogP contribution in [0.5, 0.6) is 5.75 Å². The van der Waals surface area contributed by atoms with Gasteiger partial charge in [0, 0.05) is 25.2 Å². The highest BCUT2D eigenvalue weighted by molar-refractivity contribution is 6.32. The number of methoxy groups -OCH3 is 1. The van der Waals surface area contributed by atoms with E-state index in [0.717, 1.165) is 24.8 Å². The lowest BCUT2D eigenvalue weighted by Gasteiger charge is -2.33. The Kier molecular flexibility index (Phi) is 12.5. The molecule has 1 heterocycles. The molecule has 2 aromatic carbocycles. The van der Waals surface area contributed by atoms with Gasteiger partial charge >= 0.3 is 18.2 Å². The van der Waals surface area contributed by atoms with Crippen LogP contribution in [0, 0.1) is 5.92 Å². The van der Waals surface area contributed by atoms with Crippen molar-refractivity contribution in [2.45, 2.75) is 58.3 Å². The number of benzene rings is 2. The summed E-state index contributed by atoms with van der Waals surface area (Å²) in [6.07, 6.45) is 1.42. The fourth-order valence-electron chi connectivity index (χ4n) is 4.36. The minimum Gasteiger partial charge on any atom is -0.492 e. The molecule has 1 aliphatic rings. The number of alkyl carbamates (subject to hydrolysis) is 1. The molecular weight excluding hydrogens is 578 g/mol. The van der Waals surface area contributed by atoms with Crippen molar-refractivity contribution in [3.05, 3.63) is 64.7 Å². The van der Waals surface area contributed by atoms with Gasteiger partial charge in [0.2, 0.25) is 0 Å². The van der Waals surface area contributed by atoms with E-state index in [1.54, 1.807) is 29.2 Å². The summed E-state index contributed by atoms with van der Waals surface area (Å²) in [7, 11) is 1.18. The van der Waals surface area contributed by atoms with Crippen LogP contribution in [0.4, 0.5) is 9.59 Å². The Morgan fingerprint density at radius 2 is 1.74 bits per heavy atom. The summed E-state index contributed by atoms with van der Waals surface area (Å²) in [6, 6.07) is 12.5. The molecule has 1 aliphatic heterocycles. The van der Waals surface area contributed by atoms with Crippen LogP contribution < -0.4 is 15.4 Å². The topological polar surface area (TPSA) is 132 Å². The fraction of sp³-hybridized carbons (Fsp3) is 0.484. The molecule has 11 nitrogen and oxygen atoms in total. The van der Waals surface area contributed by atoms with Crippen molar-refractivity contribution >= 4 is 35.7 Å². The van der Waals surface area contributed by atoms with Crippen molar-refractivity contribution in [2.75, 3.05) is 33.4 Å². The van der Waals surface area contributed by atoms with Crippen LogP contribution in [0.1, 0.15) is 56.0 Å². The molecule has 1 saturated heterocycles. The fourth-order valence-corrected chi connectivity index (χ4v) is 4.60. The summed E-state index contributed by atoms with van der Waals surface area (Å²) in [5.74, 6) is -0.387. The monoisotopic (exact) mass is 617 g/mol. The Labute approximate surface area is 257 Å². The Bertz CT molecular complexity index is 1240. The zero-order valence-electron chi connectivity index (χ0n) is 25.0. The number of carbonyl (C=O) groups is 4. The number of piperidine rings is 1. The number of carbonyl (C=O) groups excluding carboxylic acids is 4. The minimum absolute atomic E-state index is 0.0210. The Morgan fingerprint density at radius 3 is 2.37 bits per heavy atom. The molecule has 43 heavy (non-hydrogen) atoms. The normalized spacial score (nSPS) is 14.3. The van der Waals surface area contributed by atoms with Crippen molar-refractivity contribution < 1.29 is 38.1 Å². The molecule has 0 aliphatic carbocycles. The van der Waals surface area contributed by atoms with Crippen LogP contribution in [0.25, 0.3) is 0 Å². The largest absolute Gasteiger partial charge is 0.492 e. The maximum Gasteiger partial charge on any atom is 0.410 e. The Morgan fingerprint density at radius 1 is 1.05 bits per heavy atom. The first-order valence-electron chi connectivity index (χ1n) is 14.2. The SMILES string of the molecule is COC(=O)[C@H](CNC(=O)c1ccc(OCCC2CCN(C(=O)OC(C)(C)C)CC2)c(Cl)c1)NC(=O)OCc1ccccc1. The van der Waals surface area contributed by atoms with Crippen LogP contribution in [0.2, 0.25) is 5.02 Å². The second-order valence-electron chi connectivity index (χ2n) is 11.2. The number of ether oxygens (including phenoxy) is 4. The van der Waals surface area contributed by atoms with Crippen LogP contribution in [-0.4, -0.2) is 74.0 Å². The Balaban J connectivity index is 1.42. The second-order valence-corrected chi connectivity index (χ2v) is 11.6. The number of amides is 3. The molecule has 3 rings (SSSR count). The molecule has 0 spiro atoms. The van der Waals surface area contributed by atoms with Crippen molar-refractivity contribution in [2.24, 2.45) is 5.92 Å². The molecule has 2 aromatic rings. The minimum atomic E-state index is -1.16. The average molecular weight is 618 g/mol. The first-order chi connectivity index (χ1) is 20.4. The molecule has 0 bridgehead atoms. The lowest BCUT2D eigenvalue weighted by Crippen LogP contribution is -2.49. The summed E-state index contributed by atoms with van der Waals surface area (Å²) in [4.78, 5) is 51.1. The molecule has 2 N–H and O–H groups in total. The van der Waals surface area contributed by atoms with Gasteiger partial charge in [0.05, 0.1) is 18.7 Å². The van der Waals surface area contributed by atoms with Crippen molar-refractivity contribution in [1.29, 1.82) is 0 Å². The lowest BCUT2D eigenvalue weighted by molar-refractivity contribution is -0.142. The van der Waals surface area contributed by atoms with E-state index in [1.807, 2.05) is 39.0 Å². The lowest BCUT2D eigenvalue weighted by atomic mass is 9.94. The number of hydrogen-bond donors (Lipinski definition) is 2. The molecule has 1 atom stereocenters. The molecule has 3 amide bonds. The third-order valence-corrected chi connectivity index (χ3v) is 7.00. The maximum atomic E-state index is 12.7. The zero-order chi connectivity index (χ0) is 31.4. The number of halogens is 1. The van der Waals surface area contributed by atoms with Gasteiger partial charge in [-0.25, -0.2) is 14.4 Å². The first-order valence-corrected chi connectivity index (χ1v) is 14.6. The van der Waals surface area contributed by atoms with Gasteiger partial charge in [0.1, 0.15) is 24.0 Å². The standard InChI is InChI=1S/C31H40ClN3O8/c1-31(2,3)43-30(39)35-15-12-21(13-16-35)14-17-41-26-11-10-23(18-24(26)32)27(36)33-19-25(28(37)40-4)34-29(38)42-20-22-8-6-5-7-9-22/h5-11,18,21,25H,12-17,19-20H2,1-4H3,(H,33,36)(H,34,38)/t25-/m0/s1. The third-order valence-electron chi connectivity index (χ3n) is 6.70. The van der Waals surface area contributed by atoms with Crippen LogP contribution in [0.15, 0.2) is 48.5 Å². The van der Waals surface area contributed by atoms with E-state index < -0.39 is 29.6 Å². The van der Waals surface area contributed by atoms with Gasteiger partial charge < -0.3 is 34.5 Å². The van der Waals surface area contributed by atoms with Gasteiger partial charge in [-0.05, 0) is 69.7 Å². The van der Waals surface area contributed by atoms with E-state index in [4.69, 9.17) is 30.5 Å². The summed E-state index contributed by atoms with van der Waals surface area (Å²) in [5.41, 5.74) is 0.520. The molecule has 0 saturated carbocycles. The molecule has 234 valence electrons. The van der Waals surface area contributed by atoms with Crippen LogP contribution in [-0.2, 0) is 25.6 Å². The van der Waals surface area contributed by atoms with Gasteiger partial charge in [0.25, 0.3) is 5.91 Å². The number of nitrogens with zero attached hydrogens (tertiary/aromatic N) is 1. The Hall–Kier alpha value is -3.99. The van der Waals surface area contributed by atoms with Crippen molar-refractivity contribution in [1.82, 2.24) is 15.5 Å². The van der Waals surface area contributed by atoms with Crippen molar-refractivity contribution in [3.8, 4) is 5.75 Å². The van der Waals surface area contributed by atoms with E-state index in [-0.39, 0.29) is 29.8 Å². The van der Waals surface area contributed by atoms with E-state index in [0.29, 0.717) is 31.4 Å². The molecule has 12 heteroatoms. The predicted octanol–water partition coefficient (Wildman–Crippen LogP) is 4.95. The van der Waals surface area contributed by atoms with Gasteiger partial charge in [0.15, 0.2) is 0 Å². The second kappa shape index (κ2) is 16.0. The van der Waals surface area contributed by atoms with E-state index >= 15 is 0 Å². The molecule has 0 aromatic heterocycles. The molecule has 0 radical (unpaired) electrons. The molecular formula is C31H40ClN3O8. The number of esters is 1. The van der Waals surface area contributed by atoms with Gasteiger partial charge in [-0.2, -0.15) is 0 Å². The quantitative estimate of drug-likeness (QED) is 0.267. The maximum absolute atomic E-state index is 12.7. The van der Waals surface area contributed by atoms with Crippen LogP contribution in [0.3, 0.4) is 0 Å². The van der Waals surface area contributed by atoms with E-state index in [2.05, 4.69) is 10.6 Å². The summed E-state index contributed by atoms with van der Waals surface area (Å²) >= 11 is 6.38. The third kappa shape index (κ3) is 11.3. The number of hydrogen-bond acceptors (Lipinski definition) is 8. The summed E-state index contributed by atoms with van der Waals surface area (Å²) in [5, 5.41) is 5.28. The average Bonchev–Trinajstić information content (AvgIpc) is 2.98. The first kappa shape index (κ1) is 33.5. The predicted molar refractivity (Wildman–Crippen MR) is 160 cm³/mol. The highest BCUT2D eigenvalue weighted by atomic mass is 35.5. The number of likely N-dealkylation sites (tertiary alicyclic amines) is 1. The van der Waals surface area contributed by atoms with Crippen molar-refractivity contribution in [3.63, 3.8) is 0 Å². The van der Waals surface area contributed by atoms with Gasteiger partial charge in [-0.3, -0.25) is 4.79 Å². The van der Waals surface area contributed by atoms with Gasteiger partial charge in [-0.1, -0.05) is 41.9 Å². The molecule has 0 unspecified atom stereocenters.